The number of carbonyl (C=O) groups is 1. The number of hydrogen-bond acceptors (Lipinski definition) is 2. The molecule has 74 valence electrons. The molecule has 0 aromatic heterocycles. The van der Waals surface area contributed by atoms with Crippen molar-refractivity contribution in [2.45, 2.75) is 5.88 Å². The molecule has 0 radical (unpaired) electrons. The third kappa shape index (κ3) is 3.49. The first-order valence-electron chi connectivity index (χ1n) is 3.93. The molecular formula is C10H9ClO3. The first-order chi connectivity index (χ1) is 6.72. The van der Waals surface area contributed by atoms with E-state index < -0.39 is 6.16 Å². The predicted molar refractivity (Wildman–Crippen MR) is 54.1 cm³/mol. The second-order valence-corrected chi connectivity index (χ2v) is 2.83. The number of carboxylic acid groups (broad SMARTS) is 1. The first-order valence-corrected chi connectivity index (χ1v) is 4.47. The van der Waals surface area contributed by atoms with Crippen LogP contribution in [0.25, 0.3) is 6.08 Å². The van der Waals surface area contributed by atoms with Crippen molar-refractivity contribution in [3.8, 4) is 0 Å². The minimum absolute atomic E-state index is 0.468. The van der Waals surface area contributed by atoms with Crippen LogP contribution in [-0.4, -0.2) is 11.3 Å². The number of alkyl halides is 1. The monoisotopic (exact) mass is 212 g/mol. The Morgan fingerprint density at radius 2 is 2.07 bits per heavy atom. The lowest BCUT2D eigenvalue weighted by Crippen LogP contribution is -1.91. The summed E-state index contributed by atoms with van der Waals surface area (Å²) in [5.41, 5.74) is 1.88. The maximum atomic E-state index is 10.00. The Morgan fingerprint density at radius 3 is 2.57 bits per heavy atom. The molecule has 0 saturated heterocycles. The Labute approximate surface area is 86.6 Å². The van der Waals surface area contributed by atoms with Gasteiger partial charge >= 0.3 is 6.16 Å². The molecule has 0 fully saturated rings. The molecule has 1 aromatic rings. The van der Waals surface area contributed by atoms with Gasteiger partial charge in [0.25, 0.3) is 0 Å². The standard InChI is InChI=1S/C10H9ClO3/c11-7-9-3-1-8(2-4-9)5-6-14-10(12)13/h1-6H,7H2,(H,12,13)/b6-5+. The Bertz CT molecular complexity index is 330. The fraction of sp³-hybridized carbons (Fsp3) is 0.100. The van der Waals surface area contributed by atoms with Crippen LogP contribution in [0.15, 0.2) is 30.5 Å². The maximum Gasteiger partial charge on any atom is 0.510 e. The van der Waals surface area contributed by atoms with Crippen molar-refractivity contribution < 1.29 is 14.6 Å². The molecule has 0 amide bonds. The molecule has 14 heavy (non-hydrogen) atoms. The fourth-order valence-electron chi connectivity index (χ4n) is 0.889. The van der Waals surface area contributed by atoms with E-state index in [1.807, 2.05) is 24.3 Å². The third-order valence-electron chi connectivity index (χ3n) is 1.56. The normalized spacial score (nSPS) is 10.4. The molecule has 3 nitrogen and oxygen atoms in total. The van der Waals surface area contributed by atoms with Gasteiger partial charge in [-0.3, -0.25) is 0 Å². The zero-order valence-electron chi connectivity index (χ0n) is 7.31. The first kappa shape index (κ1) is 10.6. The summed E-state index contributed by atoms with van der Waals surface area (Å²) in [5.74, 6) is 0.468. The van der Waals surface area contributed by atoms with Crippen LogP contribution in [-0.2, 0) is 10.6 Å². The van der Waals surface area contributed by atoms with E-state index in [-0.39, 0.29) is 0 Å². The van der Waals surface area contributed by atoms with E-state index in [1.165, 1.54) is 0 Å². The van der Waals surface area contributed by atoms with Gasteiger partial charge in [-0.05, 0) is 17.2 Å². The van der Waals surface area contributed by atoms with Crippen molar-refractivity contribution >= 4 is 23.8 Å². The fourth-order valence-corrected chi connectivity index (χ4v) is 1.07. The molecule has 0 aliphatic heterocycles. The number of rotatable bonds is 3. The second-order valence-electron chi connectivity index (χ2n) is 2.56. The molecule has 0 bridgehead atoms. The predicted octanol–water partition coefficient (Wildman–Crippen LogP) is 3.09. The van der Waals surface area contributed by atoms with Gasteiger partial charge in [0.15, 0.2) is 0 Å². The van der Waals surface area contributed by atoms with Crippen molar-refractivity contribution in [3.63, 3.8) is 0 Å². The van der Waals surface area contributed by atoms with Crippen molar-refractivity contribution in [2.75, 3.05) is 0 Å². The smallest absolute Gasteiger partial charge is 0.449 e. The Balaban J connectivity index is 2.59. The van der Waals surface area contributed by atoms with E-state index in [4.69, 9.17) is 16.7 Å². The molecular weight excluding hydrogens is 204 g/mol. The lowest BCUT2D eigenvalue weighted by Gasteiger charge is -1.96. The van der Waals surface area contributed by atoms with Gasteiger partial charge < -0.3 is 9.84 Å². The summed E-state index contributed by atoms with van der Waals surface area (Å²) in [6.07, 6.45) is 1.36. The SMILES string of the molecule is O=C(O)O/C=C/c1ccc(CCl)cc1. The number of hydrogen-bond donors (Lipinski definition) is 1. The average molecular weight is 213 g/mol. The summed E-state index contributed by atoms with van der Waals surface area (Å²) in [5, 5.41) is 8.18. The van der Waals surface area contributed by atoms with Crippen molar-refractivity contribution in [1.82, 2.24) is 0 Å². The van der Waals surface area contributed by atoms with E-state index in [2.05, 4.69) is 4.74 Å². The van der Waals surface area contributed by atoms with Crippen LogP contribution in [0.1, 0.15) is 11.1 Å². The topological polar surface area (TPSA) is 46.5 Å². The van der Waals surface area contributed by atoms with Gasteiger partial charge in [0, 0.05) is 5.88 Å². The summed E-state index contributed by atoms with van der Waals surface area (Å²) in [4.78, 5) is 10.00. The largest absolute Gasteiger partial charge is 0.510 e. The molecule has 1 N–H and O–H groups in total. The van der Waals surface area contributed by atoms with Crippen LogP contribution in [0.3, 0.4) is 0 Å². The van der Waals surface area contributed by atoms with Crippen LogP contribution in [0, 0.1) is 0 Å². The highest BCUT2D eigenvalue weighted by molar-refractivity contribution is 6.17. The highest BCUT2D eigenvalue weighted by Gasteiger charge is 1.91. The molecule has 0 saturated carbocycles. The quantitative estimate of drug-likeness (QED) is 0.476. The number of ether oxygens (including phenoxy) is 1. The van der Waals surface area contributed by atoms with Gasteiger partial charge in [0.2, 0.25) is 0 Å². The van der Waals surface area contributed by atoms with Gasteiger partial charge in [0.1, 0.15) is 0 Å². The molecule has 0 spiro atoms. The van der Waals surface area contributed by atoms with Gasteiger partial charge in [-0.15, -0.1) is 11.6 Å². The molecule has 0 heterocycles. The van der Waals surface area contributed by atoms with E-state index in [1.54, 1.807) is 6.08 Å². The van der Waals surface area contributed by atoms with E-state index >= 15 is 0 Å². The Kier molecular flexibility index (Phi) is 4.01. The zero-order chi connectivity index (χ0) is 10.4. The zero-order valence-corrected chi connectivity index (χ0v) is 8.07. The molecule has 0 atom stereocenters. The van der Waals surface area contributed by atoms with Crippen molar-refractivity contribution in [1.29, 1.82) is 0 Å². The molecule has 1 rings (SSSR count). The van der Waals surface area contributed by atoms with Crippen LogP contribution < -0.4 is 0 Å². The van der Waals surface area contributed by atoms with Gasteiger partial charge in [-0.2, -0.15) is 0 Å². The van der Waals surface area contributed by atoms with Gasteiger partial charge in [-0.25, -0.2) is 4.79 Å². The summed E-state index contributed by atoms with van der Waals surface area (Å²) in [6.45, 7) is 0. The van der Waals surface area contributed by atoms with E-state index in [0.717, 1.165) is 17.4 Å². The highest BCUT2D eigenvalue weighted by Crippen LogP contribution is 2.08. The minimum atomic E-state index is -1.32. The number of halogens is 1. The number of benzene rings is 1. The summed E-state index contributed by atoms with van der Waals surface area (Å²) < 4.78 is 4.21. The molecule has 0 aliphatic carbocycles. The lowest BCUT2D eigenvalue weighted by atomic mass is 10.1. The summed E-state index contributed by atoms with van der Waals surface area (Å²) in [7, 11) is 0. The van der Waals surface area contributed by atoms with Crippen LogP contribution >= 0.6 is 11.6 Å². The second kappa shape index (κ2) is 5.29. The lowest BCUT2D eigenvalue weighted by molar-refractivity contribution is 0.128. The average Bonchev–Trinajstić information content (AvgIpc) is 2.18. The van der Waals surface area contributed by atoms with E-state index in [0.29, 0.717) is 5.88 Å². The summed E-state index contributed by atoms with van der Waals surface area (Å²) >= 11 is 5.60. The van der Waals surface area contributed by atoms with E-state index in [9.17, 15) is 4.79 Å². The van der Waals surface area contributed by atoms with Crippen molar-refractivity contribution in [3.05, 3.63) is 41.7 Å². The highest BCUT2D eigenvalue weighted by atomic mass is 35.5. The molecule has 4 heteroatoms. The van der Waals surface area contributed by atoms with Crippen LogP contribution in [0.4, 0.5) is 4.79 Å². The summed E-state index contributed by atoms with van der Waals surface area (Å²) in [6, 6.07) is 7.40. The van der Waals surface area contributed by atoms with Crippen LogP contribution in [0.5, 0.6) is 0 Å². The van der Waals surface area contributed by atoms with Gasteiger partial charge in [0.05, 0.1) is 6.26 Å². The molecule has 0 aliphatic rings. The Morgan fingerprint density at radius 1 is 1.43 bits per heavy atom. The Hall–Kier alpha value is -1.48. The molecule has 0 unspecified atom stereocenters. The van der Waals surface area contributed by atoms with Crippen LogP contribution in [0.2, 0.25) is 0 Å². The molecule has 1 aromatic carbocycles. The maximum absolute atomic E-state index is 10.00. The van der Waals surface area contributed by atoms with Crippen molar-refractivity contribution in [2.24, 2.45) is 0 Å². The van der Waals surface area contributed by atoms with Gasteiger partial charge in [-0.1, -0.05) is 24.3 Å². The minimum Gasteiger partial charge on any atom is -0.449 e. The third-order valence-corrected chi connectivity index (χ3v) is 1.87.